The van der Waals surface area contributed by atoms with E-state index in [1.165, 1.54) is 0 Å². The van der Waals surface area contributed by atoms with Gasteiger partial charge in [-0.1, -0.05) is 30.7 Å². The number of aliphatic hydroxyl groups excluding tert-OH is 1. The third-order valence-corrected chi connectivity index (χ3v) is 2.20. The van der Waals surface area contributed by atoms with Gasteiger partial charge < -0.3 is 9.84 Å². The smallest absolute Gasteiger partial charge is 0.143 e. The maximum absolute atomic E-state index is 9.49. The van der Waals surface area contributed by atoms with E-state index in [0.717, 1.165) is 12.0 Å². The summed E-state index contributed by atoms with van der Waals surface area (Å²) < 4.78 is 5.49. The predicted octanol–water partition coefficient (Wildman–Crippen LogP) is 3.18. The predicted molar refractivity (Wildman–Crippen MR) is 57.9 cm³/mol. The van der Waals surface area contributed by atoms with Crippen molar-refractivity contribution in [2.24, 2.45) is 0 Å². The summed E-state index contributed by atoms with van der Waals surface area (Å²) in [5, 5.41) is 10.0. The highest BCUT2D eigenvalue weighted by molar-refractivity contribution is 6.32. The Kier molecular flexibility index (Phi) is 4.23. The highest BCUT2D eigenvalue weighted by Gasteiger charge is 2.11. The van der Waals surface area contributed by atoms with E-state index in [-0.39, 0.29) is 0 Å². The Bertz CT molecular complexity index is 297. The van der Waals surface area contributed by atoms with Gasteiger partial charge in [-0.3, -0.25) is 0 Å². The molecular weight excluding hydrogens is 200 g/mol. The summed E-state index contributed by atoms with van der Waals surface area (Å²) in [5.41, 5.74) is 0.742. The molecule has 0 radical (unpaired) electrons. The Morgan fingerprint density at radius 3 is 2.79 bits per heavy atom. The topological polar surface area (TPSA) is 29.5 Å². The van der Waals surface area contributed by atoms with Gasteiger partial charge in [0.25, 0.3) is 0 Å². The van der Waals surface area contributed by atoms with Crippen molar-refractivity contribution in [1.29, 1.82) is 0 Å². The molecule has 1 atom stereocenters. The number of aliphatic hydroxyl groups is 1. The minimum absolute atomic E-state index is 0.553. The Labute approximate surface area is 89.5 Å². The van der Waals surface area contributed by atoms with Crippen LogP contribution in [0.3, 0.4) is 0 Å². The van der Waals surface area contributed by atoms with Crippen molar-refractivity contribution < 1.29 is 9.84 Å². The molecule has 0 aliphatic heterocycles. The Morgan fingerprint density at radius 2 is 2.21 bits per heavy atom. The first-order valence-corrected chi connectivity index (χ1v) is 5.14. The van der Waals surface area contributed by atoms with Gasteiger partial charge in [0.1, 0.15) is 5.75 Å². The fourth-order valence-electron chi connectivity index (χ4n) is 1.21. The normalized spacial score (nSPS) is 12.6. The van der Waals surface area contributed by atoms with Gasteiger partial charge in [-0.2, -0.15) is 0 Å². The maximum Gasteiger partial charge on any atom is 0.143 e. The molecule has 2 nitrogen and oxygen atoms in total. The zero-order valence-electron chi connectivity index (χ0n) is 8.46. The van der Waals surface area contributed by atoms with E-state index in [0.29, 0.717) is 17.4 Å². The number of ether oxygens (including phenoxy) is 1. The van der Waals surface area contributed by atoms with Crippen molar-refractivity contribution in [1.82, 2.24) is 0 Å². The Balaban J connectivity index is 2.96. The number of halogens is 1. The van der Waals surface area contributed by atoms with E-state index in [4.69, 9.17) is 16.3 Å². The summed E-state index contributed by atoms with van der Waals surface area (Å²) in [6.45, 7) is 4.34. The first-order valence-electron chi connectivity index (χ1n) is 4.76. The Morgan fingerprint density at radius 1 is 1.50 bits per heavy atom. The SMILES string of the molecule is CCCOc1c(Cl)cccc1C(C)O. The van der Waals surface area contributed by atoms with E-state index in [1.807, 2.05) is 19.1 Å². The van der Waals surface area contributed by atoms with Crippen LogP contribution in [0.15, 0.2) is 18.2 Å². The summed E-state index contributed by atoms with van der Waals surface area (Å²) in [4.78, 5) is 0. The van der Waals surface area contributed by atoms with E-state index in [9.17, 15) is 5.11 Å². The molecule has 0 fully saturated rings. The first kappa shape index (κ1) is 11.3. The highest BCUT2D eigenvalue weighted by Crippen LogP contribution is 2.32. The van der Waals surface area contributed by atoms with Crippen molar-refractivity contribution in [3.05, 3.63) is 28.8 Å². The molecule has 0 aromatic heterocycles. The molecule has 0 aliphatic carbocycles. The Hall–Kier alpha value is -0.730. The number of benzene rings is 1. The lowest BCUT2D eigenvalue weighted by Crippen LogP contribution is -2.01. The highest BCUT2D eigenvalue weighted by atomic mass is 35.5. The second-order valence-electron chi connectivity index (χ2n) is 3.18. The van der Waals surface area contributed by atoms with Crippen molar-refractivity contribution in [2.45, 2.75) is 26.4 Å². The van der Waals surface area contributed by atoms with Crippen LogP contribution in [-0.4, -0.2) is 11.7 Å². The lowest BCUT2D eigenvalue weighted by molar-refractivity contribution is 0.191. The summed E-state index contributed by atoms with van der Waals surface area (Å²) in [5.74, 6) is 0.603. The van der Waals surface area contributed by atoms with Crippen LogP contribution in [0.2, 0.25) is 5.02 Å². The van der Waals surface area contributed by atoms with Crippen LogP contribution in [0.5, 0.6) is 5.75 Å². The monoisotopic (exact) mass is 214 g/mol. The van der Waals surface area contributed by atoms with Crippen molar-refractivity contribution in [3.8, 4) is 5.75 Å². The van der Waals surface area contributed by atoms with Crippen molar-refractivity contribution in [2.75, 3.05) is 6.61 Å². The van der Waals surface area contributed by atoms with Crippen LogP contribution in [-0.2, 0) is 0 Å². The van der Waals surface area contributed by atoms with Crippen LogP contribution in [0.25, 0.3) is 0 Å². The average molecular weight is 215 g/mol. The quantitative estimate of drug-likeness (QED) is 0.834. The second kappa shape index (κ2) is 5.23. The molecule has 14 heavy (non-hydrogen) atoms. The van der Waals surface area contributed by atoms with Gasteiger partial charge in [-0.25, -0.2) is 0 Å². The van der Waals surface area contributed by atoms with E-state index < -0.39 is 6.10 Å². The molecule has 78 valence electrons. The number of para-hydroxylation sites is 1. The number of rotatable bonds is 4. The first-order chi connectivity index (χ1) is 6.66. The third-order valence-electron chi connectivity index (χ3n) is 1.90. The van der Waals surface area contributed by atoms with E-state index in [1.54, 1.807) is 13.0 Å². The van der Waals surface area contributed by atoms with Crippen LogP contribution < -0.4 is 4.74 Å². The summed E-state index contributed by atoms with van der Waals surface area (Å²) >= 11 is 5.97. The minimum Gasteiger partial charge on any atom is -0.492 e. The zero-order valence-corrected chi connectivity index (χ0v) is 9.21. The molecule has 1 aromatic carbocycles. The second-order valence-corrected chi connectivity index (χ2v) is 3.59. The lowest BCUT2D eigenvalue weighted by atomic mass is 10.1. The van der Waals surface area contributed by atoms with E-state index >= 15 is 0 Å². The molecule has 0 heterocycles. The zero-order chi connectivity index (χ0) is 10.6. The van der Waals surface area contributed by atoms with E-state index in [2.05, 4.69) is 0 Å². The minimum atomic E-state index is -0.555. The third kappa shape index (κ3) is 2.63. The standard InChI is InChI=1S/C11H15ClO2/c1-3-7-14-11-9(8(2)13)5-4-6-10(11)12/h4-6,8,13H,3,7H2,1-2H3. The molecule has 0 spiro atoms. The molecule has 1 rings (SSSR count). The van der Waals surface area contributed by atoms with Crippen LogP contribution >= 0.6 is 11.6 Å². The molecule has 0 bridgehead atoms. The average Bonchev–Trinajstić information content (AvgIpc) is 2.15. The molecule has 0 saturated heterocycles. The van der Waals surface area contributed by atoms with Gasteiger partial charge in [-0.05, 0) is 19.4 Å². The van der Waals surface area contributed by atoms with Crippen LogP contribution in [0.1, 0.15) is 31.9 Å². The molecule has 1 aromatic rings. The van der Waals surface area contributed by atoms with Crippen LogP contribution in [0, 0.1) is 0 Å². The lowest BCUT2D eigenvalue weighted by Gasteiger charge is -2.14. The van der Waals surface area contributed by atoms with Gasteiger partial charge in [0, 0.05) is 5.56 Å². The van der Waals surface area contributed by atoms with Crippen molar-refractivity contribution in [3.63, 3.8) is 0 Å². The molecule has 1 N–H and O–H groups in total. The van der Waals surface area contributed by atoms with Gasteiger partial charge in [0.05, 0.1) is 17.7 Å². The van der Waals surface area contributed by atoms with Gasteiger partial charge in [-0.15, -0.1) is 0 Å². The van der Waals surface area contributed by atoms with Gasteiger partial charge in [0.2, 0.25) is 0 Å². The fraction of sp³-hybridized carbons (Fsp3) is 0.455. The molecule has 1 unspecified atom stereocenters. The van der Waals surface area contributed by atoms with Crippen molar-refractivity contribution >= 4 is 11.6 Å². The van der Waals surface area contributed by atoms with Crippen LogP contribution in [0.4, 0.5) is 0 Å². The molecule has 3 heteroatoms. The summed E-state index contributed by atoms with van der Waals surface area (Å²) in [7, 11) is 0. The summed E-state index contributed by atoms with van der Waals surface area (Å²) in [6.07, 6.45) is 0.366. The van der Waals surface area contributed by atoms with Gasteiger partial charge >= 0.3 is 0 Å². The van der Waals surface area contributed by atoms with Gasteiger partial charge in [0.15, 0.2) is 0 Å². The molecule has 0 amide bonds. The molecule has 0 aliphatic rings. The molecule has 0 saturated carbocycles. The maximum atomic E-state index is 9.49. The largest absolute Gasteiger partial charge is 0.492 e. The molecular formula is C11H15ClO2. The number of hydrogen-bond donors (Lipinski definition) is 1. The fourth-order valence-corrected chi connectivity index (χ4v) is 1.45. The number of hydrogen-bond acceptors (Lipinski definition) is 2. The summed E-state index contributed by atoms with van der Waals surface area (Å²) in [6, 6.07) is 5.39.